The summed E-state index contributed by atoms with van der Waals surface area (Å²) in [5.41, 5.74) is -0.268. The average molecular weight is 323 g/mol. The summed E-state index contributed by atoms with van der Waals surface area (Å²) < 4.78 is 15.3. The summed E-state index contributed by atoms with van der Waals surface area (Å²) >= 11 is 0. The maximum atomic E-state index is 12.3. The number of Topliss-reactive ketones (excluding diaryl/α,β-unsaturated/α-hetero) is 1. The van der Waals surface area contributed by atoms with Gasteiger partial charge in [0.15, 0.2) is 5.78 Å². The minimum atomic E-state index is -1.13. The normalized spacial score (nSPS) is 20.9. The van der Waals surface area contributed by atoms with Crippen LogP contribution in [-0.4, -0.2) is 37.5 Å². The van der Waals surface area contributed by atoms with Crippen LogP contribution in [0.25, 0.3) is 0 Å². The summed E-state index contributed by atoms with van der Waals surface area (Å²) in [6.07, 6.45) is 0.640. The largest absolute Gasteiger partial charge is 0.468 e. The molecule has 0 spiro atoms. The Morgan fingerprint density at radius 3 is 2.35 bits per heavy atom. The molecule has 1 N–H and O–H groups in total. The van der Waals surface area contributed by atoms with Crippen molar-refractivity contribution in [3.05, 3.63) is 22.8 Å². The van der Waals surface area contributed by atoms with Crippen molar-refractivity contribution in [3.8, 4) is 0 Å². The lowest BCUT2D eigenvalue weighted by atomic mass is 9.87. The average Bonchev–Trinajstić information content (AvgIpc) is 2.83. The van der Waals surface area contributed by atoms with Crippen molar-refractivity contribution >= 4 is 17.7 Å². The number of ether oxygens (including phenoxy) is 3. The van der Waals surface area contributed by atoms with Gasteiger partial charge in [-0.15, -0.1) is 0 Å². The van der Waals surface area contributed by atoms with Crippen molar-refractivity contribution in [1.82, 2.24) is 5.32 Å². The number of ketones is 1. The summed E-state index contributed by atoms with van der Waals surface area (Å²) in [6.45, 7) is 5.65. The SMILES string of the molecule is COC(=O)C1=C(NC(C)(C)C)OC2=C(C(=O)CC2)C1C(=O)OC. The highest BCUT2D eigenvalue weighted by Crippen LogP contribution is 2.40. The fourth-order valence-electron chi connectivity index (χ4n) is 2.64. The van der Waals surface area contributed by atoms with Gasteiger partial charge in [0.25, 0.3) is 0 Å². The third kappa shape index (κ3) is 3.23. The summed E-state index contributed by atoms with van der Waals surface area (Å²) in [6, 6.07) is 0. The molecule has 1 heterocycles. The van der Waals surface area contributed by atoms with Gasteiger partial charge < -0.3 is 19.5 Å². The molecule has 0 aromatic carbocycles. The van der Waals surface area contributed by atoms with E-state index in [0.29, 0.717) is 12.2 Å². The van der Waals surface area contributed by atoms with Gasteiger partial charge >= 0.3 is 11.9 Å². The van der Waals surface area contributed by atoms with E-state index in [4.69, 9.17) is 14.2 Å². The van der Waals surface area contributed by atoms with Gasteiger partial charge in [-0.05, 0) is 20.8 Å². The van der Waals surface area contributed by atoms with Gasteiger partial charge in [-0.2, -0.15) is 0 Å². The molecule has 2 aliphatic rings. The van der Waals surface area contributed by atoms with Crippen LogP contribution in [0.5, 0.6) is 0 Å². The van der Waals surface area contributed by atoms with E-state index in [2.05, 4.69) is 5.32 Å². The summed E-state index contributed by atoms with van der Waals surface area (Å²) in [5.74, 6) is -2.23. The van der Waals surface area contributed by atoms with Crippen LogP contribution in [-0.2, 0) is 28.6 Å². The van der Waals surface area contributed by atoms with Gasteiger partial charge in [-0.25, -0.2) is 4.79 Å². The lowest BCUT2D eigenvalue weighted by Crippen LogP contribution is -2.41. The predicted octanol–water partition coefficient (Wildman–Crippen LogP) is 1.20. The molecule has 2 rings (SSSR count). The molecule has 7 nitrogen and oxygen atoms in total. The first-order valence-electron chi connectivity index (χ1n) is 7.32. The smallest absolute Gasteiger partial charge is 0.340 e. The highest BCUT2D eigenvalue weighted by atomic mass is 16.5. The topological polar surface area (TPSA) is 90.9 Å². The number of hydrogen-bond acceptors (Lipinski definition) is 7. The molecule has 7 heteroatoms. The third-order valence-electron chi connectivity index (χ3n) is 3.56. The van der Waals surface area contributed by atoms with Crippen molar-refractivity contribution in [2.75, 3.05) is 14.2 Å². The molecule has 0 bridgehead atoms. The van der Waals surface area contributed by atoms with Gasteiger partial charge in [0.05, 0.1) is 19.8 Å². The fraction of sp³-hybridized carbons (Fsp3) is 0.562. The molecule has 1 unspecified atom stereocenters. The predicted molar refractivity (Wildman–Crippen MR) is 79.8 cm³/mol. The number of carbonyl (C=O) groups is 3. The Kier molecular flexibility index (Phi) is 4.49. The standard InChI is InChI=1S/C16H21NO6/c1-16(2,3)17-13-12(15(20)22-5)11(14(19)21-4)10-8(18)6-7-9(10)23-13/h11,17H,6-7H2,1-5H3. The van der Waals surface area contributed by atoms with E-state index in [-0.39, 0.29) is 29.2 Å². The quantitative estimate of drug-likeness (QED) is 0.780. The Labute approximate surface area is 134 Å². The molecule has 0 aromatic heterocycles. The molecule has 23 heavy (non-hydrogen) atoms. The van der Waals surface area contributed by atoms with Crippen LogP contribution in [0.15, 0.2) is 22.8 Å². The van der Waals surface area contributed by atoms with Gasteiger partial charge in [0.2, 0.25) is 5.88 Å². The number of esters is 2. The number of allylic oxidation sites excluding steroid dienone is 1. The van der Waals surface area contributed by atoms with E-state index >= 15 is 0 Å². The lowest BCUT2D eigenvalue weighted by Gasteiger charge is -2.31. The second-order valence-corrected chi connectivity index (χ2v) is 6.43. The van der Waals surface area contributed by atoms with Crippen LogP contribution in [0, 0.1) is 5.92 Å². The van der Waals surface area contributed by atoms with Crippen molar-refractivity contribution in [1.29, 1.82) is 0 Å². The number of nitrogens with one attached hydrogen (secondary N) is 1. The monoisotopic (exact) mass is 323 g/mol. The van der Waals surface area contributed by atoms with E-state index in [1.807, 2.05) is 20.8 Å². The molecular weight excluding hydrogens is 302 g/mol. The Morgan fingerprint density at radius 2 is 1.83 bits per heavy atom. The van der Waals surface area contributed by atoms with E-state index in [9.17, 15) is 14.4 Å². The number of methoxy groups -OCH3 is 2. The summed E-state index contributed by atoms with van der Waals surface area (Å²) in [4.78, 5) is 36.7. The van der Waals surface area contributed by atoms with Crippen LogP contribution in [0.1, 0.15) is 33.6 Å². The van der Waals surface area contributed by atoms with Gasteiger partial charge in [0, 0.05) is 18.4 Å². The molecular formula is C16H21NO6. The first-order chi connectivity index (χ1) is 10.7. The highest BCUT2D eigenvalue weighted by molar-refractivity contribution is 6.09. The van der Waals surface area contributed by atoms with Gasteiger partial charge in [0.1, 0.15) is 17.3 Å². The molecule has 126 valence electrons. The minimum absolute atomic E-state index is 0.0386. The van der Waals surface area contributed by atoms with Gasteiger partial charge in [-0.3, -0.25) is 9.59 Å². The third-order valence-corrected chi connectivity index (χ3v) is 3.56. The Hall–Kier alpha value is -2.31. The fourth-order valence-corrected chi connectivity index (χ4v) is 2.64. The maximum Gasteiger partial charge on any atom is 0.340 e. The summed E-state index contributed by atoms with van der Waals surface area (Å²) in [5, 5.41) is 3.06. The minimum Gasteiger partial charge on any atom is -0.468 e. The number of rotatable bonds is 3. The zero-order valence-corrected chi connectivity index (χ0v) is 13.9. The second-order valence-electron chi connectivity index (χ2n) is 6.43. The van der Waals surface area contributed by atoms with Crippen LogP contribution in [0.3, 0.4) is 0 Å². The zero-order chi connectivity index (χ0) is 17.4. The van der Waals surface area contributed by atoms with E-state index in [0.717, 1.165) is 0 Å². The second kappa shape index (κ2) is 6.06. The Balaban J connectivity index is 2.59. The zero-order valence-electron chi connectivity index (χ0n) is 13.9. The van der Waals surface area contributed by atoms with Crippen LogP contribution in [0.2, 0.25) is 0 Å². The Morgan fingerprint density at radius 1 is 1.17 bits per heavy atom. The molecule has 1 aliphatic heterocycles. The Bertz CT molecular complexity index is 623. The molecule has 0 radical (unpaired) electrons. The first kappa shape index (κ1) is 17.1. The van der Waals surface area contributed by atoms with Gasteiger partial charge in [-0.1, -0.05) is 0 Å². The molecule has 0 saturated heterocycles. The lowest BCUT2D eigenvalue weighted by molar-refractivity contribution is -0.147. The van der Waals surface area contributed by atoms with Crippen molar-refractivity contribution < 1.29 is 28.6 Å². The molecule has 1 aliphatic carbocycles. The van der Waals surface area contributed by atoms with Crippen molar-refractivity contribution in [2.45, 2.75) is 39.2 Å². The number of carbonyl (C=O) groups excluding carboxylic acids is 3. The highest BCUT2D eigenvalue weighted by Gasteiger charge is 2.47. The van der Waals surface area contributed by atoms with Crippen LogP contribution >= 0.6 is 0 Å². The van der Waals surface area contributed by atoms with Crippen molar-refractivity contribution in [3.63, 3.8) is 0 Å². The molecule has 0 amide bonds. The van der Waals surface area contributed by atoms with Crippen LogP contribution < -0.4 is 5.32 Å². The van der Waals surface area contributed by atoms with E-state index in [1.54, 1.807) is 0 Å². The first-order valence-corrected chi connectivity index (χ1v) is 7.32. The van der Waals surface area contributed by atoms with Crippen molar-refractivity contribution in [2.24, 2.45) is 5.92 Å². The maximum absolute atomic E-state index is 12.3. The molecule has 0 fully saturated rings. The van der Waals surface area contributed by atoms with Crippen LogP contribution in [0.4, 0.5) is 0 Å². The van der Waals surface area contributed by atoms with E-state index in [1.165, 1.54) is 14.2 Å². The summed E-state index contributed by atoms with van der Waals surface area (Å²) in [7, 11) is 2.42. The molecule has 1 atom stereocenters. The molecule has 0 aromatic rings. The van der Waals surface area contributed by atoms with E-state index < -0.39 is 23.4 Å². The molecule has 0 saturated carbocycles. The number of hydrogen-bond donors (Lipinski definition) is 1.